The van der Waals surface area contributed by atoms with Crippen molar-refractivity contribution in [3.05, 3.63) is 40.0 Å². The lowest BCUT2D eigenvalue weighted by Crippen LogP contribution is -2.36. The largest absolute Gasteiger partial charge is 0.326 e. The normalized spacial score (nSPS) is 12.9. The van der Waals surface area contributed by atoms with E-state index < -0.39 is 0 Å². The molecule has 1 atom stereocenters. The average molecular weight is 263 g/mol. The Morgan fingerprint density at radius 1 is 1.39 bits per heavy atom. The molecule has 96 valence electrons. The van der Waals surface area contributed by atoms with Gasteiger partial charge in [-0.1, -0.05) is 19.9 Å². The summed E-state index contributed by atoms with van der Waals surface area (Å²) in [6.07, 6.45) is 0. The lowest BCUT2D eigenvalue weighted by molar-refractivity contribution is 0.404. The van der Waals surface area contributed by atoms with Crippen molar-refractivity contribution in [2.24, 2.45) is 11.7 Å². The van der Waals surface area contributed by atoms with Crippen LogP contribution in [0.2, 0.25) is 0 Å². The zero-order chi connectivity index (χ0) is 13.1. The number of thiophene rings is 1. The topological polar surface area (TPSA) is 60.9 Å². The smallest absolute Gasteiger partial charge is 0.266 e. The molecule has 2 N–H and O–H groups in total. The maximum atomic E-state index is 11.7. The van der Waals surface area contributed by atoms with Gasteiger partial charge < -0.3 is 5.73 Å². The SMILES string of the molecule is CC(C)[C@@H](N)Cn1nc(-c2cccs2)ccc1=O. The number of aromatic nitrogens is 2. The molecule has 2 rings (SSSR count). The molecule has 2 aromatic heterocycles. The third-order valence-electron chi connectivity index (χ3n) is 2.88. The molecule has 0 unspecified atom stereocenters. The predicted molar refractivity (Wildman–Crippen MR) is 74.6 cm³/mol. The second-order valence-corrected chi connectivity index (χ2v) is 5.57. The third-order valence-corrected chi connectivity index (χ3v) is 3.77. The molecule has 18 heavy (non-hydrogen) atoms. The molecule has 2 aromatic rings. The second kappa shape index (κ2) is 5.46. The molecule has 5 heteroatoms. The van der Waals surface area contributed by atoms with Crippen LogP contribution in [0.4, 0.5) is 0 Å². The highest BCUT2D eigenvalue weighted by atomic mass is 32.1. The van der Waals surface area contributed by atoms with Crippen molar-refractivity contribution in [1.82, 2.24) is 9.78 Å². The molecule has 2 heterocycles. The molecule has 0 aliphatic rings. The van der Waals surface area contributed by atoms with E-state index in [9.17, 15) is 4.79 Å². The molecule has 4 nitrogen and oxygen atoms in total. The van der Waals surface area contributed by atoms with E-state index in [1.807, 2.05) is 31.4 Å². The fourth-order valence-corrected chi connectivity index (χ4v) is 2.24. The average Bonchev–Trinajstić information content (AvgIpc) is 2.85. The van der Waals surface area contributed by atoms with Gasteiger partial charge in [0.1, 0.15) is 5.69 Å². The molecule has 0 amide bonds. The van der Waals surface area contributed by atoms with E-state index in [1.165, 1.54) is 4.68 Å². The summed E-state index contributed by atoms with van der Waals surface area (Å²) in [5.74, 6) is 0.323. The summed E-state index contributed by atoms with van der Waals surface area (Å²) in [7, 11) is 0. The van der Waals surface area contributed by atoms with Gasteiger partial charge in [-0.3, -0.25) is 4.79 Å². The molecule has 0 spiro atoms. The van der Waals surface area contributed by atoms with Gasteiger partial charge in [0.05, 0.1) is 11.4 Å². The fourth-order valence-electron chi connectivity index (χ4n) is 1.55. The number of nitrogens with two attached hydrogens (primary N) is 1. The second-order valence-electron chi connectivity index (χ2n) is 4.62. The van der Waals surface area contributed by atoms with Gasteiger partial charge >= 0.3 is 0 Å². The first-order chi connectivity index (χ1) is 8.58. The van der Waals surface area contributed by atoms with E-state index >= 15 is 0 Å². The highest BCUT2D eigenvalue weighted by Crippen LogP contribution is 2.21. The summed E-state index contributed by atoms with van der Waals surface area (Å²) < 4.78 is 1.46. The lowest BCUT2D eigenvalue weighted by atomic mass is 10.1. The van der Waals surface area contributed by atoms with Crippen LogP contribution in [0.1, 0.15) is 13.8 Å². The molecule has 0 bridgehead atoms. The number of rotatable bonds is 4. The van der Waals surface area contributed by atoms with Crippen LogP contribution in [0.15, 0.2) is 34.4 Å². The van der Waals surface area contributed by atoms with Crippen LogP contribution in [0.25, 0.3) is 10.6 Å². The standard InChI is InChI=1S/C13H17N3OS/c1-9(2)10(14)8-16-13(17)6-5-11(15-16)12-4-3-7-18-12/h3-7,9-10H,8,14H2,1-2H3/t10-/m0/s1. The summed E-state index contributed by atoms with van der Waals surface area (Å²) in [4.78, 5) is 12.8. The summed E-state index contributed by atoms with van der Waals surface area (Å²) in [6, 6.07) is 7.20. The lowest BCUT2D eigenvalue weighted by Gasteiger charge is -2.16. The van der Waals surface area contributed by atoms with E-state index in [4.69, 9.17) is 5.73 Å². The van der Waals surface area contributed by atoms with Gasteiger partial charge in [0.2, 0.25) is 0 Å². The van der Waals surface area contributed by atoms with E-state index in [-0.39, 0.29) is 11.6 Å². The van der Waals surface area contributed by atoms with Crippen molar-refractivity contribution in [2.75, 3.05) is 0 Å². The van der Waals surface area contributed by atoms with Gasteiger partial charge in [-0.25, -0.2) is 4.68 Å². The van der Waals surface area contributed by atoms with Gasteiger partial charge in [-0.05, 0) is 23.4 Å². The van der Waals surface area contributed by atoms with Crippen LogP contribution in [0.5, 0.6) is 0 Å². The predicted octanol–water partition coefficient (Wildman–Crippen LogP) is 1.96. The van der Waals surface area contributed by atoms with Crippen molar-refractivity contribution in [3.8, 4) is 10.6 Å². The van der Waals surface area contributed by atoms with E-state index in [0.29, 0.717) is 12.5 Å². The van der Waals surface area contributed by atoms with Crippen molar-refractivity contribution in [2.45, 2.75) is 26.4 Å². The highest BCUT2D eigenvalue weighted by Gasteiger charge is 2.11. The van der Waals surface area contributed by atoms with Gasteiger partial charge in [0.15, 0.2) is 0 Å². The summed E-state index contributed by atoms with van der Waals surface area (Å²) in [5.41, 5.74) is 6.70. The van der Waals surface area contributed by atoms with Crippen molar-refractivity contribution >= 4 is 11.3 Å². The minimum atomic E-state index is -0.105. The van der Waals surface area contributed by atoms with Gasteiger partial charge in [0.25, 0.3) is 5.56 Å². The highest BCUT2D eigenvalue weighted by molar-refractivity contribution is 7.13. The molecule has 0 aromatic carbocycles. The molecule has 0 aliphatic carbocycles. The Labute approximate surface area is 110 Å². The van der Waals surface area contributed by atoms with Crippen LogP contribution < -0.4 is 11.3 Å². The molecule has 0 fully saturated rings. The van der Waals surface area contributed by atoms with Crippen LogP contribution in [0.3, 0.4) is 0 Å². The Kier molecular flexibility index (Phi) is 3.93. The third kappa shape index (κ3) is 2.86. The minimum Gasteiger partial charge on any atom is -0.326 e. The number of hydrogen-bond donors (Lipinski definition) is 1. The van der Waals surface area contributed by atoms with E-state index in [0.717, 1.165) is 10.6 Å². The van der Waals surface area contributed by atoms with Gasteiger partial charge in [-0.2, -0.15) is 5.10 Å². The Balaban J connectivity index is 2.30. The first kappa shape index (κ1) is 13.0. The zero-order valence-corrected chi connectivity index (χ0v) is 11.4. The van der Waals surface area contributed by atoms with Crippen molar-refractivity contribution in [3.63, 3.8) is 0 Å². The maximum Gasteiger partial charge on any atom is 0.266 e. The molecule has 0 aliphatic heterocycles. The monoisotopic (exact) mass is 263 g/mol. The first-order valence-electron chi connectivity index (χ1n) is 5.95. The van der Waals surface area contributed by atoms with Crippen LogP contribution in [-0.2, 0) is 6.54 Å². The molecule has 0 saturated carbocycles. The summed E-state index contributed by atoms with van der Waals surface area (Å²) >= 11 is 1.61. The summed E-state index contributed by atoms with van der Waals surface area (Å²) in [5, 5.41) is 6.36. The van der Waals surface area contributed by atoms with Crippen molar-refractivity contribution < 1.29 is 0 Å². The van der Waals surface area contributed by atoms with Crippen LogP contribution in [-0.4, -0.2) is 15.8 Å². The summed E-state index contributed by atoms with van der Waals surface area (Å²) in [6.45, 7) is 4.54. The first-order valence-corrected chi connectivity index (χ1v) is 6.83. The molecule has 0 saturated heterocycles. The number of nitrogens with zero attached hydrogens (tertiary/aromatic N) is 2. The molecular weight excluding hydrogens is 246 g/mol. The number of hydrogen-bond acceptors (Lipinski definition) is 4. The maximum absolute atomic E-state index is 11.7. The Hall–Kier alpha value is -1.46. The van der Waals surface area contributed by atoms with Crippen LogP contribution >= 0.6 is 11.3 Å². The van der Waals surface area contributed by atoms with Gasteiger partial charge in [0, 0.05) is 12.1 Å². The zero-order valence-electron chi connectivity index (χ0n) is 10.5. The Morgan fingerprint density at radius 2 is 2.17 bits per heavy atom. The fraction of sp³-hybridized carbons (Fsp3) is 0.385. The minimum absolute atomic E-state index is 0.0613. The van der Waals surface area contributed by atoms with Crippen LogP contribution in [0, 0.1) is 5.92 Å². The van der Waals surface area contributed by atoms with E-state index in [1.54, 1.807) is 23.5 Å². The Morgan fingerprint density at radius 3 is 2.78 bits per heavy atom. The quantitative estimate of drug-likeness (QED) is 0.917. The molecule has 0 radical (unpaired) electrons. The van der Waals surface area contributed by atoms with Crippen molar-refractivity contribution in [1.29, 1.82) is 0 Å². The Bertz CT molecular complexity index is 560. The molecular formula is C13H17N3OS. The van der Waals surface area contributed by atoms with E-state index in [2.05, 4.69) is 5.10 Å². The van der Waals surface area contributed by atoms with Gasteiger partial charge in [-0.15, -0.1) is 11.3 Å².